The summed E-state index contributed by atoms with van der Waals surface area (Å²) in [5.41, 5.74) is 2.01. The van der Waals surface area contributed by atoms with Crippen molar-refractivity contribution in [1.29, 1.82) is 0 Å². The van der Waals surface area contributed by atoms with Crippen LogP contribution in [0.3, 0.4) is 0 Å². The maximum Gasteiger partial charge on any atom is 0.165 e. The van der Waals surface area contributed by atoms with Crippen molar-refractivity contribution in [2.24, 2.45) is 0 Å². The third-order valence-corrected chi connectivity index (χ3v) is 3.89. The van der Waals surface area contributed by atoms with Crippen LogP contribution in [0, 0.1) is 5.82 Å². The van der Waals surface area contributed by atoms with Crippen LogP contribution in [-0.2, 0) is 0 Å². The average Bonchev–Trinajstić information content (AvgIpc) is 2.48. The maximum atomic E-state index is 13.5. The second kappa shape index (κ2) is 6.92. The van der Waals surface area contributed by atoms with Crippen LogP contribution in [0.15, 0.2) is 42.5 Å². The number of ether oxygens (including phenoxy) is 1. The van der Waals surface area contributed by atoms with Gasteiger partial charge in [-0.3, -0.25) is 0 Å². The van der Waals surface area contributed by atoms with E-state index >= 15 is 0 Å². The minimum absolute atomic E-state index is 0.0470. The van der Waals surface area contributed by atoms with Crippen molar-refractivity contribution in [1.82, 2.24) is 5.32 Å². The lowest BCUT2D eigenvalue weighted by Gasteiger charge is -2.22. The number of halogens is 2. The highest BCUT2D eigenvalue weighted by atomic mass is 35.5. The molecule has 0 aliphatic rings. The molecule has 0 spiro atoms. The van der Waals surface area contributed by atoms with Gasteiger partial charge in [-0.25, -0.2) is 4.39 Å². The molecule has 0 fully saturated rings. The molecule has 0 aromatic heterocycles. The monoisotopic (exact) mass is 307 g/mol. The third-order valence-electron chi connectivity index (χ3n) is 3.55. The molecule has 2 aromatic carbocycles. The predicted molar refractivity (Wildman–Crippen MR) is 84.4 cm³/mol. The van der Waals surface area contributed by atoms with Crippen molar-refractivity contribution in [2.75, 3.05) is 7.11 Å². The molecular formula is C17H19ClFNO. The second-order valence-corrected chi connectivity index (χ2v) is 5.43. The molecule has 0 bridgehead atoms. The fourth-order valence-corrected chi connectivity index (χ4v) is 2.63. The molecule has 112 valence electrons. The lowest BCUT2D eigenvalue weighted by molar-refractivity contribution is 0.384. The Hall–Kier alpha value is -1.58. The highest BCUT2D eigenvalue weighted by molar-refractivity contribution is 6.31. The Morgan fingerprint density at radius 3 is 2.48 bits per heavy atom. The molecule has 2 nitrogen and oxygen atoms in total. The normalized spacial score (nSPS) is 13.8. The third kappa shape index (κ3) is 3.74. The molecule has 21 heavy (non-hydrogen) atoms. The maximum absolute atomic E-state index is 13.5. The van der Waals surface area contributed by atoms with E-state index < -0.39 is 0 Å². The van der Waals surface area contributed by atoms with Gasteiger partial charge in [-0.05, 0) is 43.2 Å². The quantitative estimate of drug-likeness (QED) is 0.848. The molecular weight excluding hydrogens is 289 g/mol. The lowest BCUT2D eigenvalue weighted by Crippen LogP contribution is -2.22. The largest absolute Gasteiger partial charge is 0.494 e. The zero-order chi connectivity index (χ0) is 15.4. The van der Waals surface area contributed by atoms with Crippen LogP contribution in [0.1, 0.15) is 37.1 Å². The predicted octanol–water partition coefficient (Wildman–Crippen LogP) is 4.90. The highest BCUT2D eigenvalue weighted by Crippen LogP contribution is 2.27. The van der Waals surface area contributed by atoms with E-state index in [0.717, 1.165) is 16.1 Å². The van der Waals surface area contributed by atoms with Crippen molar-refractivity contribution < 1.29 is 9.13 Å². The first-order valence-electron chi connectivity index (χ1n) is 6.87. The molecule has 0 saturated carbocycles. The summed E-state index contributed by atoms with van der Waals surface area (Å²) in [7, 11) is 1.46. The van der Waals surface area contributed by atoms with Gasteiger partial charge in [0, 0.05) is 17.1 Å². The molecule has 0 radical (unpaired) electrons. The first kappa shape index (κ1) is 15.8. The van der Waals surface area contributed by atoms with Crippen LogP contribution < -0.4 is 10.1 Å². The van der Waals surface area contributed by atoms with Gasteiger partial charge in [-0.2, -0.15) is 0 Å². The van der Waals surface area contributed by atoms with Gasteiger partial charge in [0.05, 0.1) is 7.11 Å². The van der Waals surface area contributed by atoms with Gasteiger partial charge in [0.2, 0.25) is 0 Å². The number of nitrogens with one attached hydrogen (secondary N) is 1. The Morgan fingerprint density at radius 2 is 1.81 bits per heavy atom. The van der Waals surface area contributed by atoms with Gasteiger partial charge in [-0.15, -0.1) is 0 Å². The minimum atomic E-state index is -0.354. The summed E-state index contributed by atoms with van der Waals surface area (Å²) in [4.78, 5) is 0. The Labute approximate surface area is 129 Å². The fourth-order valence-electron chi connectivity index (χ4n) is 2.33. The van der Waals surface area contributed by atoms with Crippen LogP contribution in [0.25, 0.3) is 0 Å². The van der Waals surface area contributed by atoms with Crippen molar-refractivity contribution in [3.8, 4) is 5.75 Å². The van der Waals surface area contributed by atoms with Crippen molar-refractivity contribution in [3.05, 3.63) is 64.4 Å². The molecule has 2 aromatic rings. The number of hydrogen-bond donors (Lipinski definition) is 1. The van der Waals surface area contributed by atoms with Gasteiger partial charge >= 0.3 is 0 Å². The summed E-state index contributed by atoms with van der Waals surface area (Å²) in [6, 6.07) is 12.8. The zero-order valence-electron chi connectivity index (χ0n) is 12.4. The SMILES string of the molecule is COc1cc(C(C)N[C@@H](C)c2ccccc2Cl)ccc1F. The molecule has 4 heteroatoms. The first-order chi connectivity index (χ1) is 10.0. The summed E-state index contributed by atoms with van der Waals surface area (Å²) < 4.78 is 18.5. The summed E-state index contributed by atoms with van der Waals surface area (Å²) in [5, 5.41) is 4.20. The standard InChI is InChI=1S/C17H19ClFNO/c1-11(13-8-9-16(19)17(10-13)21-3)20-12(2)14-6-4-5-7-15(14)18/h4-12,20H,1-3H3/t11?,12-/m0/s1. The van der Waals surface area contributed by atoms with Crippen molar-refractivity contribution in [2.45, 2.75) is 25.9 Å². The average molecular weight is 308 g/mol. The van der Waals surface area contributed by atoms with E-state index in [9.17, 15) is 4.39 Å². The first-order valence-corrected chi connectivity index (χ1v) is 7.24. The number of hydrogen-bond acceptors (Lipinski definition) is 2. The molecule has 2 rings (SSSR count). The Balaban J connectivity index is 2.14. The summed E-state index contributed by atoms with van der Waals surface area (Å²) in [5.74, 6) is -0.0980. The summed E-state index contributed by atoms with van der Waals surface area (Å²) in [6.45, 7) is 4.08. The van der Waals surface area contributed by atoms with Crippen LogP contribution in [0.2, 0.25) is 5.02 Å². The Morgan fingerprint density at radius 1 is 1.10 bits per heavy atom. The topological polar surface area (TPSA) is 21.3 Å². The lowest BCUT2D eigenvalue weighted by atomic mass is 10.0. The van der Waals surface area contributed by atoms with E-state index in [1.807, 2.05) is 31.2 Å². The van der Waals surface area contributed by atoms with Gasteiger partial charge in [0.25, 0.3) is 0 Å². The zero-order valence-corrected chi connectivity index (χ0v) is 13.1. The Kier molecular flexibility index (Phi) is 5.21. The van der Waals surface area contributed by atoms with Gasteiger partial charge in [-0.1, -0.05) is 35.9 Å². The van der Waals surface area contributed by atoms with Crippen LogP contribution in [-0.4, -0.2) is 7.11 Å². The minimum Gasteiger partial charge on any atom is -0.494 e. The van der Waals surface area contributed by atoms with Crippen LogP contribution in [0.4, 0.5) is 4.39 Å². The van der Waals surface area contributed by atoms with E-state index in [1.54, 1.807) is 12.1 Å². The molecule has 0 amide bonds. The molecule has 0 saturated heterocycles. The van der Waals surface area contributed by atoms with E-state index in [4.69, 9.17) is 16.3 Å². The van der Waals surface area contributed by atoms with E-state index in [0.29, 0.717) is 0 Å². The molecule has 0 heterocycles. The van der Waals surface area contributed by atoms with Gasteiger partial charge < -0.3 is 10.1 Å². The fraction of sp³-hybridized carbons (Fsp3) is 0.294. The summed E-state index contributed by atoms with van der Waals surface area (Å²) >= 11 is 6.21. The Bertz CT molecular complexity index is 617. The molecule has 0 aliphatic heterocycles. The second-order valence-electron chi connectivity index (χ2n) is 5.03. The molecule has 1 N–H and O–H groups in total. The van der Waals surface area contributed by atoms with E-state index in [1.165, 1.54) is 13.2 Å². The van der Waals surface area contributed by atoms with Crippen LogP contribution >= 0.6 is 11.6 Å². The van der Waals surface area contributed by atoms with E-state index in [2.05, 4.69) is 12.2 Å². The summed E-state index contributed by atoms with van der Waals surface area (Å²) in [6.07, 6.45) is 0. The molecule has 2 atom stereocenters. The molecule has 0 aliphatic carbocycles. The van der Waals surface area contributed by atoms with E-state index in [-0.39, 0.29) is 23.7 Å². The number of benzene rings is 2. The van der Waals surface area contributed by atoms with Gasteiger partial charge in [0.15, 0.2) is 11.6 Å². The van der Waals surface area contributed by atoms with Crippen molar-refractivity contribution >= 4 is 11.6 Å². The van der Waals surface area contributed by atoms with Gasteiger partial charge in [0.1, 0.15) is 0 Å². The number of rotatable bonds is 5. The van der Waals surface area contributed by atoms with Crippen molar-refractivity contribution in [3.63, 3.8) is 0 Å². The smallest absolute Gasteiger partial charge is 0.165 e. The molecule has 1 unspecified atom stereocenters. The number of methoxy groups -OCH3 is 1. The highest BCUT2D eigenvalue weighted by Gasteiger charge is 2.14. The van der Waals surface area contributed by atoms with Crippen LogP contribution in [0.5, 0.6) is 5.75 Å².